The van der Waals surface area contributed by atoms with E-state index >= 15 is 0 Å². The van der Waals surface area contributed by atoms with Gasteiger partial charge in [-0.2, -0.15) is 0 Å². The lowest BCUT2D eigenvalue weighted by Crippen LogP contribution is -2.17. The number of methoxy groups -OCH3 is 4. The topological polar surface area (TPSA) is 145 Å². The number of pyridine rings is 2. The van der Waals surface area contributed by atoms with E-state index in [0.717, 1.165) is 30.3 Å². The van der Waals surface area contributed by atoms with Gasteiger partial charge < -0.3 is 38.3 Å². The molecule has 4 rings (SSSR count). The number of carbonyl (C=O) groups excluding carboxylic acids is 2. The summed E-state index contributed by atoms with van der Waals surface area (Å²) >= 11 is 12.0. The Hall–Kier alpha value is -4.69. The van der Waals surface area contributed by atoms with E-state index < -0.39 is 36.2 Å². The number of rotatable bonds is 8. The van der Waals surface area contributed by atoms with Crippen molar-refractivity contribution in [2.45, 2.75) is 12.7 Å². The van der Waals surface area contributed by atoms with Crippen molar-refractivity contribution in [1.29, 1.82) is 0 Å². The summed E-state index contributed by atoms with van der Waals surface area (Å²) < 4.78 is 105. The summed E-state index contributed by atoms with van der Waals surface area (Å²) in [6.07, 6.45) is -6.99. The van der Waals surface area contributed by atoms with Gasteiger partial charge in [0.15, 0.2) is 23.0 Å². The molecule has 4 aromatic rings. The number of aromatic hydroxyl groups is 1. The zero-order valence-corrected chi connectivity index (χ0v) is 30.1. The number of hydrogen-bond acceptors (Lipinski definition) is 12. The average Bonchev–Trinajstić information content (AvgIpc) is 3.05. The van der Waals surface area contributed by atoms with Gasteiger partial charge in [-0.1, -0.05) is 11.6 Å². The van der Waals surface area contributed by atoms with Gasteiger partial charge in [-0.3, -0.25) is 0 Å². The molecule has 2 heterocycles. The summed E-state index contributed by atoms with van der Waals surface area (Å²) in [6, 6.07) is 9.22. The number of carbonyl (C=O) groups is 2. The molecule has 12 nitrogen and oxygen atoms in total. The maximum absolute atomic E-state index is 12.3. The first-order valence-electron chi connectivity index (χ1n) is 13.2. The van der Waals surface area contributed by atoms with Crippen LogP contribution in [0.15, 0.2) is 70.1 Å². The van der Waals surface area contributed by atoms with Crippen LogP contribution in [0.1, 0.15) is 20.7 Å². The quantitative estimate of drug-likeness (QED) is 0.103. The average molecular weight is 881 g/mol. The number of hydrogen-bond donors (Lipinski definition) is 1. The van der Waals surface area contributed by atoms with Crippen molar-refractivity contribution < 1.29 is 74.2 Å². The molecule has 0 amide bonds. The minimum absolute atomic E-state index is 0.0227. The van der Waals surface area contributed by atoms with Crippen molar-refractivity contribution in [3.05, 3.63) is 86.3 Å². The van der Waals surface area contributed by atoms with E-state index in [2.05, 4.69) is 65.5 Å². The van der Waals surface area contributed by atoms with Crippen LogP contribution in [0.4, 0.5) is 26.3 Å². The van der Waals surface area contributed by atoms with E-state index in [4.69, 9.17) is 26.2 Å². The van der Waals surface area contributed by atoms with Crippen molar-refractivity contribution in [2.75, 3.05) is 28.4 Å². The highest BCUT2D eigenvalue weighted by atomic mass is 79.9. The second-order valence-electron chi connectivity index (χ2n) is 8.82. The van der Waals surface area contributed by atoms with Crippen molar-refractivity contribution in [1.82, 2.24) is 9.97 Å². The Morgan fingerprint density at radius 2 is 1.14 bits per heavy atom. The van der Waals surface area contributed by atoms with Gasteiger partial charge >= 0.3 is 24.7 Å². The highest BCUT2D eigenvalue weighted by Gasteiger charge is 2.32. The molecule has 51 heavy (non-hydrogen) atoms. The van der Waals surface area contributed by atoms with E-state index in [0.29, 0.717) is 14.2 Å². The van der Waals surface area contributed by atoms with Crippen LogP contribution in [-0.4, -0.2) is 68.2 Å². The summed E-state index contributed by atoms with van der Waals surface area (Å²) in [6.45, 7) is 0. The Morgan fingerprint density at radius 3 is 1.63 bits per heavy atom. The Labute approximate surface area is 306 Å². The summed E-state index contributed by atoms with van der Waals surface area (Å²) in [4.78, 5) is 30.5. The summed E-state index contributed by atoms with van der Waals surface area (Å²) in [7, 11) is 4.97. The molecule has 0 spiro atoms. The zero-order valence-electron chi connectivity index (χ0n) is 26.2. The van der Waals surface area contributed by atoms with Crippen LogP contribution < -0.4 is 23.7 Å². The first-order valence-corrected chi connectivity index (χ1v) is 15.1. The second-order valence-corrected chi connectivity index (χ2v) is 10.8. The number of nitrogens with zero attached hydrogens (tertiary/aromatic N) is 2. The molecule has 1 N–H and O–H groups in total. The number of aromatic nitrogens is 2. The molecule has 0 unspecified atom stereocenters. The summed E-state index contributed by atoms with van der Waals surface area (Å²) in [5.74, 6) is -2.28. The first kappa shape index (κ1) is 42.5. The third-order valence-electron chi connectivity index (χ3n) is 5.44. The van der Waals surface area contributed by atoms with Gasteiger partial charge in [0, 0.05) is 30.6 Å². The number of alkyl halides is 6. The van der Waals surface area contributed by atoms with Gasteiger partial charge in [-0.25, -0.2) is 19.6 Å². The Bertz CT molecular complexity index is 1820. The van der Waals surface area contributed by atoms with Crippen molar-refractivity contribution in [3.8, 4) is 40.2 Å². The molecule has 21 heteroatoms. The van der Waals surface area contributed by atoms with E-state index in [1.165, 1.54) is 59.0 Å². The van der Waals surface area contributed by atoms with E-state index in [1.807, 2.05) is 0 Å². The fourth-order valence-corrected chi connectivity index (χ4v) is 4.33. The monoisotopic (exact) mass is 878 g/mol. The summed E-state index contributed by atoms with van der Waals surface area (Å²) in [5, 5.41) is 9.39. The van der Waals surface area contributed by atoms with Gasteiger partial charge in [-0.05, 0) is 62.2 Å². The Balaban J connectivity index is 0.000000292. The van der Waals surface area contributed by atoms with Crippen LogP contribution in [0.3, 0.4) is 0 Å². The Morgan fingerprint density at radius 1 is 0.667 bits per heavy atom. The van der Waals surface area contributed by atoms with Gasteiger partial charge in [0.2, 0.25) is 0 Å². The number of phenols is 1. The molecule has 0 aliphatic heterocycles. The van der Waals surface area contributed by atoms with Gasteiger partial charge in [0.25, 0.3) is 0 Å². The number of benzene rings is 2. The van der Waals surface area contributed by atoms with E-state index in [1.54, 1.807) is 0 Å². The van der Waals surface area contributed by atoms with Crippen LogP contribution in [0.2, 0.25) is 5.02 Å². The maximum atomic E-state index is 12.3. The first-order chi connectivity index (χ1) is 23.8. The molecule has 0 saturated carbocycles. The molecule has 2 aromatic carbocycles. The van der Waals surface area contributed by atoms with Crippen LogP contribution in [-0.2, 0) is 9.47 Å². The molecule has 0 bridgehead atoms. The predicted molar refractivity (Wildman–Crippen MR) is 173 cm³/mol. The van der Waals surface area contributed by atoms with Gasteiger partial charge in [0.1, 0.15) is 32.0 Å². The predicted octanol–water partition coefficient (Wildman–Crippen LogP) is 8.91. The smallest absolute Gasteiger partial charge is 0.504 e. The minimum Gasteiger partial charge on any atom is -0.504 e. The van der Waals surface area contributed by atoms with Crippen LogP contribution in [0.25, 0.3) is 0 Å². The van der Waals surface area contributed by atoms with E-state index in [9.17, 15) is 35.9 Å². The zero-order chi connectivity index (χ0) is 38.5. The highest BCUT2D eigenvalue weighted by Crippen LogP contribution is 2.38. The molecule has 0 atom stereocenters. The highest BCUT2D eigenvalue weighted by molar-refractivity contribution is 9.10. The third kappa shape index (κ3) is 14.2. The molecule has 276 valence electrons. The van der Waals surface area contributed by atoms with Crippen LogP contribution in [0, 0.1) is 0 Å². The third-order valence-corrected chi connectivity index (χ3v) is 6.62. The van der Waals surface area contributed by atoms with Gasteiger partial charge in [0.05, 0.1) is 39.0 Å². The number of ether oxygens (including phenoxy) is 7. The largest absolute Gasteiger partial charge is 0.573 e. The number of halogens is 9. The van der Waals surface area contributed by atoms with E-state index in [-0.39, 0.29) is 39.9 Å². The Kier molecular flexibility index (Phi) is 15.9. The molecular weight excluding hydrogens is 858 g/mol. The standard InChI is InChI=1S/C15H11BrF3NO5.C8H7F3O3.C7H5BrClNO2/c1-22-12-5-8(25-15(17,18)19)3-4-10(12)24-11-6-13(16)20-7-9(11)14(21)23-2;1-13-7-4-5(2-3-6(7)12)14-8(9,10)11;1-12-7(11)4-3-10-6(8)2-5(4)9/h3-7H,1-2H3;2-4,12H,1H3;2-3H,1H3. The van der Waals surface area contributed by atoms with Crippen molar-refractivity contribution >= 4 is 55.4 Å². The normalized spacial score (nSPS) is 10.7. The molecule has 2 aromatic heterocycles. The lowest BCUT2D eigenvalue weighted by atomic mass is 10.2. The number of esters is 2. The van der Waals surface area contributed by atoms with Crippen LogP contribution >= 0.6 is 43.5 Å². The SMILES string of the molecule is COC(=O)c1cnc(Br)cc1Cl.COC(=O)c1cnc(Br)cc1Oc1ccc(OC(F)(F)F)cc1OC.COc1cc(OC(F)(F)F)ccc1O. The minimum atomic E-state index is -4.83. The fraction of sp³-hybridized carbons (Fsp3) is 0.200. The van der Waals surface area contributed by atoms with Crippen molar-refractivity contribution in [2.24, 2.45) is 0 Å². The maximum Gasteiger partial charge on any atom is 0.573 e. The molecule has 0 radical (unpaired) electrons. The summed E-state index contributed by atoms with van der Waals surface area (Å²) in [5.41, 5.74) is 0.297. The van der Waals surface area contributed by atoms with Crippen LogP contribution in [0.5, 0.6) is 40.2 Å². The lowest BCUT2D eigenvalue weighted by Gasteiger charge is -2.15. The fourth-order valence-electron chi connectivity index (χ4n) is 3.33. The van der Waals surface area contributed by atoms with Crippen molar-refractivity contribution in [3.63, 3.8) is 0 Å². The lowest BCUT2D eigenvalue weighted by molar-refractivity contribution is -0.275. The molecular formula is C30H23Br2ClF6N2O10. The molecule has 0 saturated heterocycles. The second kappa shape index (κ2) is 19.1. The molecule has 0 fully saturated rings. The number of phenolic OH excluding ortho intramolecular Hbond substituents is 1. The van der Waals surface area contributed by atoms with Gasteiger partial charge in [-0.15, -0.1) is 26.3 Å². The molecule has 0 aliphatic carbocycles. The molecule has 0 aliphatic rings.